The summed E-state index contributed by atoms with van der Waals surface area (Å²) in [5, 5.41) is 4.13. The summed E-state index contributed by atoms with van der Waals surface area (Å²) in [6, 6.07) is 9.88. The molecule has 8 heteroatoms. The molecule has 0 aliphatic rings. The number of amides is 1. The van der Waals surface area contributed by atoms with Crippen molar-refractivity contribution in [3.63, 3.8) is 0 Å². The highest BCUT2D eigenvalue weighted by Gasteiger charge is 2.12. The molecule has 0 spiro atoms. The Bertz CT molecular complexity index is 794. The van der Waals surface area contributed by atoms with Crippen LogP contribution in [-0.2, 0) is 15.3 Å². The molecule has 0 bridgehead atoms. The SMILES string of the molecule is CCOC(=O)c1ccc(NC(=O)CSCc2c(Cl)cccc2Cl)c(Cl)c1. The summed E-state index contributed by atoms with van der Waals surface area (Å²) < 4.78 is 4.91. The molecule has 1 amide bonds. The van der Waals surface area contributed by atoms with E-state index in [0.717, 1.165) is 5.56 Å². The first kappa shape index (κ1) is 20.9. The van der Waals surface area contributed by atoms with E-state index in [9.17, 15) is 9.59 Å². The third-order valence-electron chi connectivity index (χ3n) is 3.30. The van der Waals surface area contributed by atoms with Gasteiger partial charge in [0.05, 0.1) is 28.6 Å². The van der Waals surface area contributed by atoms with Crippen molar-refractivity contribution in [3.05, 3.63) is 62.6 Å². The molecule has 26 heavy (non-hydrogen) atoms. The average Bonchev–Trinajstić information content (AvgIpc) is 2.59. The number of thioether (sulfide) groups is 1. The van der Waals surface area contributed by atoms with Crippen LogP contribution in [-0.4, -0.2) is 24.2 Å². The Morgan fingerprint density at radius 1 is 1.08 bits per heavy atom. The molecule has 0 aliphatic carbocycles. The highest BCUT2D eigenvalue weighted by Crippen LogP contribution is 2.28. The van der Waals surface area contributed by atoms with Crippen LogP contribution in [0.2, 0.25) is 15.1 Å². The molecule has 0 radical (unpaired) electrons. The van der Waals surface area contributed by atoms with Crippen LogP contribution in [0.3, 0.4) is 0 Å². The summed E-state index contributed by atoms with van der Waals surface area (Å²) >= 11 is 19.7. The van der Waals surface area contributed by atoms with Crippen LogP contribution in [0.25, 0.3) is 0 Å². The van der Waals surface area contributed by atoms with Crippen LogP contribution in [0.15, 0.2) is 36.4 Å². The number of hydrogen-bond acceptors (Lipinski definition) is 4. The van der Waals surface area contributed by atoms with Gasteiger partial charge in [-0.25, -0.2) is 4.79 Å². The van der Waals surface area contributed by atoms with Crippen LogP contribution in [0.1, 0.15) is 22.8 Å². The molecule has 2 aromatic rings. The lowest BCUT2D eigenvalue weighted by Gasteiger charge is -2.10. The molecule has 0 saturated carbocycles. The summed E-state index contributed by atoms with van der Waals surface area (Å²) in [6.07, 6.45) is 0. The quantitative estimate of drug-likeness (QED) is 0.571. The molecule has 2 aromatic carbocycles. The van der Waals surface area contributed by atoms with Crippen LogP contribution in [0, 0.1) is 0 Å². The Morgan fingerprint density at radius 2 is 1.77 bits per heavy atom. The number of anilines is 1. The molecular weight excluding hydrogens is 417 g/mol. The van der Waals surface area contributed by atoms with E-state index < -0.39 is 5.97 Å². The Kier molecular flexibility index (Phi) is 8.10. The number of esters is 1. The van der Waals surface area contributed by atoms with Crippen LogP contribution in [0.5, 0.6) is 0 Å². The number of nitrogens with one attached hydrogen (secondary N) is 1. The van der Waals surface area contributed by atoms with Crippen LogP contribution >= 0.6 is 46.6 Å². The fourth-order valence-corrected chi connectivity index (χ4v) is 3.85. The Balaban J connectivity index is 1.90. The third-order valence-corrected chi connectivity index (χ3v) is 5.28. The molecule has 0 heterocycles. The Morgan fingerprint density at radius 3 is 2.38 bits per heavy atom. The van der Waals surface area contributed by atoms with Gasteiger partial charge in [-0.3, -0.25) is 4.79 Å². The summed E-state index contributed by atoms with van der Waals surface area (Å²) in [4.78, 5) is 23.8. The van der Waals surface area contributed by atoms with Gasteiger partial charge in [0.15, 0.2) is 0 Å². The van der Waals surface area contributed by atoms with E-state index in [-0.39, 0.29) is 23.3 Å². The lowest BCUT2D eigenvalue weighted by Crippen LogP contribution is -2.15. The van der Waals surface area contributed by atoms with Crippen molar-refractivity contribution in [2.75, 3.05) is 17.7 Å². The molecule has 0 fully saturated rings. The minimum absolute atomic E-state index is 0.206. The van der Waals surface area contributed by atoms with E-state index in [2.05, 4.69) is 5.32 Å². The predicted molar refractivity (Wildman–Crippen MR) is 109 cm³/mol. The zero-order valence-corrected chi connectivity index (χ0v) is 16.9. The lowest BCUT2D eigenvalue weighted by atomic mass is 10.2. The second-order valence-corrected chi connectivity index (χ2v) is 7.36. The second kappa shape index (κ2) is 10.1. The molecular formula is C18H16Cl3NO3S. The maximum Gasteiger partial charge on any atom is 0.338 e. The number of carbonyl (C=O) groups excluding carboxylic acids is 2. The van der Waals surface area contributed by atoms with Crippen molar-refractivity contribution in [3.8, 4) is 0 Å². The van der Waals surface area contributed by atoms with Crippen molar-refractivity contribution in [1.29, 1.82) is 0 Å². The van der Waals surface area contributed by atoms with Gasteiger partial charge in [0.1, 0.15) is 0 Å². The van der Waals surface area contributed by atoms with E-state index in [0.29, 0.717) is 27.0 Å². The predicted octanol–water partition coefficient (Wildman–Crippen LogP) is 5.70. The fraction of sp³-hybridized carbons (Fsp3) is 0.222. The summed E-state index contributed by atoms with van der Waals surface area (Å²) in [7, 11) is 0. The first-order valence-electron chi connectivity index (χ1n) is 7.69. The van der Waals surface area contributed by atoms with Crippen molar-refractivity contribution in [2.24, 2.45) is 0 Å². The maximum absolute atomic E-state index is 12.1. The summed E-state index contributed by atoms with van der Waals surface area (Å²) in [5.74, 6) is 0.0438. The maximum atomic E-state index is 12.1. The summed E-state index contributed by atoms with van der Waals surface area (Å²) in [6.45, 7) is 2.00. The first-order valence-corrected chi connectivity index (χ1v) is 9.98. The van der Waals surface area contributed by atoms with Crippen LogP contribution in [0.4, 0.5) is 5.69 Å². The van der Waals surface area contributed by atoms with E-state index >= 15 is 0 Å². The smallest absolute Gasteiger partial charge is 0.338 e. The number of ether oxygens (including phenoxy) is 1. The normalized spacial score (nSPS) is 10.5. The summed E-state index contributed by atoms with van der Waals surface area (Å²) in [5.41, 5.74) is 1.56. The molecule has 138 valence electrons. The van der Waals surface area contributed by atoms with Gasteiger partial charge in [-0.15, -0.1) is 11.8 Å². The largest absolute Gasteiger partial charge is 0.462 e. The van der Waals surface area contributed by atoms with Gasteiger partial charge in [-0.1, -0.05) is 40.9 Å². The molecule has 0 aliphatic heterocycles. The van der Waals surface area contributed by atoms with Crippen LogP contribution < -0.4 is 5.32 Å². The monoisotopic (exact) mass is 431 g/mol. The van der Waals surface area contributed by atoms with E-state index in [1.807, 2.05) is 0 Å². The van der Waals surface area contributed by atoms with Crippen molar-refractivity contribution >= 4 is 64.1 Å². The lowest BCUT2D eigenvalue weighted by molar-refractivity contribution is -0.113. The van der Waals surface area contributed by atoms with Crippen molar-refractivity contribution in [2.45, 2.75) is 12.7 Å². The number of benzene rings is 2. The van der Waals surface area contributed by atoms with E-state index in [4.69, 9.17) is 39.5 Å². The highest BCUT2D eigenvalue weighted by molar-refractivity contribution is 7.99. The molecule has 0 unspecified atom stereocenters. The fourth-order valence-electron chi connectivity index (χ4n) is 2.06. The van der Waals surface area contributed by atoms with Gasteiger partial charge in [0.2, 0.25) is 5.91 Å². The second-order valence-electron chi connectivity index (χ2n) is 5.16. The zero-order chi connectivity index (χ0) is 19.1. The van der Waals surface area contributed by atoms with Gasteiger partial charge < -0.3 is 10.1 Å². The topological polar surface area (TPSA) is 55.4 Å². The third kappa shape index (κ3) is 5.81. The molecule has 0 atom stereocenters. The molecule has 0 aromatic heterocycles. The van der Waals surface area contributed by atoms with E-state index in [1.54, 1.807) is 37.3 Å². The average molecular weight is 433 g/mol. The van der Waals surface area contributed by atoms with Gasteiger partial charge >= 0.3 is 5.97 Å². The Labute approximate surface area is 171 Å². The number of carbonyl (C=O) groups is 2. The molecule has 0 saturated heterocycles. The number of hydrogen-bond donors (Lipinski definition) is 1. The minimum atomic E-state index is -0.459. The van der Waals surface area contributed by atoms with Crippen molar-refractivity contribution in [1.82, 2.24) is 0 Å². The Hall–Kier alpha value is -1.40. The minimum Gasteiger partial charge on any atom is -0.462 e. The van der Waals surface area contributed by atoms with Gasteiger partial charge in [0, 0.05) is 15.8 Å². The molecule has 1 N–H and O–H groups in total. The van der Waals surface area contributed by atoms with Crippen molar-refractivity contribution < 1.29 is 14.3 Å². The molecule has 4 nitrogen and oxygen atoms in total. The highest BCUT2D eigenvalue weighted by atomic mass is 35.5. The van der Waals surface area contributed by atoms with E-state index in [1.165, 1.54) is 17.8 Å². The van der Waals surface area contributed by atoms with Gasteiger partial charge in [0.25, 0.3) is 0 Å². The number of halogens is 3. The number of rotatable bonds is 7. The first-order chi connectivity index (χ1) is 12.4. The van der Waals surface area contributed by atoms with Gasteiger partial charge in [-0.2, -0.15) is 0 Å². The molecule has 2 rings (SSSR count). The standard InChI is InChI=1S/C18H16Cl3NO3S/c1-2-25-18(24)11-6-7-16(15(21)8-11)22-17(23)10-26-9-12-13(19)4-3-5-14(12)20/h3-8H,2,9-10H2,1H3,(H,22,23). The van der Waals surface area contributed by atoms with Gasteiger partial charge in [-0.05, 0) is 42.8 Å². The zero-order valence-electron chi connectivity index (χ0n) is 13.9.